The smallest absolute Gasteiger partial charge is 0.239 e. The number of H-pyrrole nitrogens is 1. The first-order valence-electron chi connectivity index (χ1n) is 6.86. The molecule has 0 aromatic carbocycles. The molecule has 3 heterocycles. The number of piperidine rings is 1. The summed E-state index contributed by atoms with van der Waals surface area (Å²) in [4.78, 5) is 21.7. The summed E-state index contributed by atoms with van der Waals surface area (Å²) in [6.07, 6.45) is 7.83. The summed E-state index contributed by atoms with van der Waals surface area (Å²) in [6.45, 7) is 2.71. The fourth-order valence-electron chi connectivity index (χ4n) is 2.99. The molecule has 5 nitrogen and oxygen atoms in total. The molecule has 0 saturated carbocycles. The topological polar surface area (TPSA) is 61.0 Å². The minimum atomic E-state index is 0.0742. The zero-order chi connectivity index (χ0) is 12.4. The number of hydrogen-bond donors (Lipinski definition) is 2. The molecule has 5 heteroatoms. The van der Waals surface area contributed by atoms with E-state index in [1.165, 1.54) is 0 Å². The van der Waals surface area contributed by atoms with Crippen LogP contribution >= 0.6 is 0 Å². The number of carbonyl (C=O) groups excluding carboxylic acids is 1. The number of rotatable bonds is 2. The third-order valence-corrected chi connectivity index (χ3v) is 4.07. The van der Waals surface area contributed by atoms with E-state index < -0.39 is 0 Å². The lowest BCUT2D eigenvalue weighted by Crippen LogP contribution is -2.46. The molecule has 1 atom stereocenters. The summed E-state index contributed by atoms with van der Waals surface area (Å²) in [5.41, 5.74) is 0. The van der Waals surface area contributed by atoms with Gasteiger partial charge in [-0.3, -0.25) is 4.79 Å². The third-order valence-electron chi connectivity index (χ3n) is 4.07. The van der Waals surface area contributed by atoms with Crippen LogP contribution in [0.3, 0.4) is 0 Å². The van der Waals surface area contributed by atoms with Gasteiger partial charge in [0.25, 0.3) is 0 Å². The normalized spacial score (nSPS) is 25.6. The average molecular weight is 248 g/mol. The van der Waals surface area contributed by atoms with Crippen LogP contribution < -0.4 is 5.32 Å². The predicted octanol–water partition coefficient (Wildman–Crippen LogP) is 0.868. The first-order valence-corrected chi connectivity index (χ1v) is 6.86. The first kappa shape index (κ1) is 11.7. The van der Waals surface area contributed by atoms with Gasteiger partial charge in [-0.25, -0.2) is 4.98 Å². The van der Waals surface area contributed by atoms with Crippen molar-refractivity contribution in [1.82, 2.24) is 20.2 Å². The summed E-state index contributed by atoms with van der Waals surface area (Å²) < 4.78 is 0. The molecule has 1 aromatic heterocycles. The number of likely N-dealkylation sites (tertiary alicyclic amines) is 1. The Bertz CT molecular complexity index is 389. The Hall–Kier alpha value is -1.36. The Morgan fingerprint density at radius 2 is 2.17 bits per heavy atom. The number of aromatic amines is 1. The van der Waals surface area contributed by atoms with Crippen LogP contribution in [0.5, 0.6) is 0 Å². The van der Waals surface area contributed by atoms with Crippen molar-refractivity contribution in [2.75, 3.05) is 19.6 Å². The predicted molar refractivity (Wildman–Crippen MR) is 68.2 cm³/mol. The average Bonchev–Trinajstić information content (AvgIpc) is 3.11. The van der Waals surface area contributed by atoms with Crippen molar-refractivity contribution in [3.05, 3.63) is 18.2 Å². The van der Waals surface area contributed by atoms with Gasteiger partial charge in [-0.2, -0.15) is 0 Å². The van der Waals surface area contributed by atoms with E-state index in [2.05, 4.69) is 15.3 Å². The highest BCUT2D eigenvalue weighted by Crippen LogP contribution is 2.26. The van der Waals surface area contributed by atoms with Gasteiger partial charge in [0.05, 0.1) is 6.04 Å². The molecule has 2 fully saturated rings. The molecule has 2 aliphatic heterocycles. The molecule has 1 unspecified atom stereocenters. The second kappa shape index (κ2) is 5.10. The minimum absolute atomic E-state index is 0.0742. The Balaban J connectivity index is 1.55. The molecule has 0 aliphatic carbocycles. The highest BCUT2D eigenvalue weighted by atomic mass is 16.2. The number of aromatic nitrogens is 2. The Kier molecular flexibility index (Phi) is 3.32. The SMILES string of the molecule is O=C(C1CCCN1)N1CCC(c2ncc[nH]2)CC1. The van der Waals surface area contributed by atoms with Crippen LogP contribution in [0.15, 0.2) is 12.4 Å². The minimum Gasteiger partial charge on any atom is -0.348 e. The number of nitrogens with one attached hydrogen (secondary N) is 2. The van der Waals surface area contributed by atoms with Crippen molar-refractivity contribution in [3.8, 4) is 0 Å². The van der Waals surface area contributed by atoms with Gasteiger partial charge >= 0.3 is 0 Å². The molecule has 3 rings (SSSR count). The van der Waals surface area contributed by atoms with Crippen LogP contribution in [-0.2, 0) is 4.79 Å². The maximum Gasteiger partial charge on any atom is 0.239 e. The van der Waals surface area contributed by atoms with Gasteiger partial charge in [0.2, 0.25) is 5.91 Å². The summed E-state index contributed by atoms with van der Waals surface area (Å²) >= 11 is 0. The fraction of sp³-hybridized carbons (Fsp3) is 0.692. The van der Waals surface area contributed by atoms with Gasteiger partial charge in [0.15, 0.2) is 0 Å². The van der Waals surface area contributed by atoms with Gasteiger partial charge in [-0.05, 0) is 32.2 Å². The first-order chi connectivity index (χ1) is 8.84. The van der Waals surface area contributed by atoms with Crippen molar-refractivity contribution in [2.45, 2.75) is 37.6 Å². The van der Waals surface area contributed by atoms with Crippen molar-refractivity contribution in [3.63, 3.8) is 0 Å². The van der Waals surface area contributed by atoms with Crippen LogP contribution in [0.25, 0.3) is 0 Å². The Morgan fingerprint density at radius 1 is 1.33 bits per heavy atom. The second-order valence-corrected chi connectivity index (χ2v) is 5.22. The standard InChI is InChI=1S/C13H20N4O/c18-13(11-2-1-5-14-11)17-8-3-10(4-9-17)12-15-6-7-16-12/h6-7,10-11,14H,1-5,8-9H2,(H,15,16). The van der Waals surface area contributed by atoms with E-state index in [9.17, 15) is 4.79 Å². The van der Waals surface area contributed by atoms with Crippen LogP contribution in [0.2, 0.25) is 0 Å². The van der Waals surface area contributed by atoms with Gasteiger partial charge in [0, 0.05) is 31.4 Å². The number of carbonyl (C=O) groups is 1. The molecular formula is C13H20N4O. The molecule has 2 saturated heterocycles. The van der Waals surface area contributed by atoms with E-state index in [1.54, 1.807) is 6.20 Å². The van der Waals surface area contributed by atoms with E-state index in [-0.39, 0.29) is 6.04 Å². The van der Waals surface area contributed by atoms with E-state index >= 15 is 0 Å². The van der Waals surface area contributed by atoms with Gasteiger partial charge in [-0.15, -0.1) is 0 Å². The van der Waals surface area contributed by atoms with Crippen LogP contribution in [-0.4, -0.2) is 46.5 Å². The zero-order valence-electron chi connectivity index (χ0n) is 10.6. The lowest BCUT2D eigenvalue weighted by atomic mass is 9.95. The molecule has 98 valence electrons. The van der Waals surface area contributed by atoms with E-state index in [0.29, 0.717) is 11.8 Å². The summed E-state index contributed by atoms with van der Waals surface area (Å²) in [5, 5.41) is 3.28. The molecule has 0 radical (unpaired) electrons. The molecular weight excluding hydrogens is 228 g/mol. The lowest BCUT2D eigenvalue weighted by Gasteiger charge is -2.32. The molecule has 2 N–H and O–H groups in total. The van der Waals surface area contributed by atoms with E-state index in [4.69, 9.17) is 0 Å². The highest BCUT2D eigenvalue weighted by Gasteiger charge is 2.30. The fourth-order valence-corrected chi connectivity index (χ4v) is 2.99. The van der Waals surface area contributed by atoms with Gasteiger partial charge < -0.3 is 15.2 Å². The van der Waals surface area contributed by atoms with Crippen LogP contribution in [0.4, 0.5) is 0 Å². The quantitative estimate of drug-likeness (QED) is 0.816. The summed E-state index contributed by atoms with van der Waals surface area (Å²) in [7, 11) is 0. The zero-order valence-corrected chi connectivity index (χ0v) is 10.6. The number of hydrogen-bond acceptors (Lipinski definition) is 3. The third kappa shape index (κ3) is 2.27. The van der Waals surface area contributed by atoms with Gasteiger partial charge in [-0.1, -0.05) is 0 Å². The van der Waals surface area contributed by atoms with Crippen molar-refractivity contribution < 1.29 is 4.79 Å². The molecule has 18 heavy (non-hydrogen) atoms. The van der Waals surface area contributed by atoms with E-state index in [1.807, 2.05) is 11.1 Å². The Labute approximate surface area is 107 Å². The largest absolute Gasteiger partial charge is 0.348 e. The van der Waals surface area contributed by atoms with Crippen molar-refractivity contribution in [1.29, 1.82) is 0 Å². The number of imidazole rings is 1. The molecule has 1 aromatic rings. The van der Waals surface area contributed by atoms with Crippen LogP contribution in [0.1, 0.15) is 37.4 Å². The summed E-state index contributed by atoms with van der Waals surface area (Å²) in [6, 6.07) is 0.0742. The van der Waals surface area contributed by atoms with Crippen LogP contribution in [0, 0.1) is 0 Å². The summed E-state index contributed by atoms with van der Waals surface area (Å²) in [5.74, 6) is 1.85. The van der Waals surface area contributed by atoms with E-state index in [0.717, 1.165) is 51.1 Å². The maximum atomic E-state index is 12.2. The second-order valence-electron chi connectivity index (χ2n) is 5.22. The number of amides is 1. The highest BCUT2D eigenvalue weighted by molar-refractivity contribution is 5.82. The molecule has 1 amide bonds. The van der Waals surface area contributed by atoms with Crippen molar-refractivity contribution in [2.24, 2.45) is 0 Å². The molecule has 0 bridgehead atoms. The van der Waals surface area contributed by atoms with Crippen molar-refractivity contribution >= 4 is 5.91 Å². The molecule has 0 spiro atoms. The molecule has 2 aliphatic rings. The lowest BCUT2D eigenvalue weighted by molar-refractivity contribution is -0.134. The Morgan fingerprint density at radius 3 is 2.78 bits per heavy atom. The number of nitrogens with zero attached hydrogens (tertiary/aromatic N) is 2. The van der Waals surface area contributed by atoms with Gasteiger partial charge in [0.1, 0.15) is 5.82 Å². The monoisotopic (exact) mass is 248 g/mol. The maximum absolute atomic E-state index is 12.2.